The lowest BCUT2D eigenvalue weighted by Crippen LogP contribution is -2.40. The monoisotopic (exact) mass is 385 g/mol. The molecule has 0 aliphatic rings. The maximum atomic E-state index is 12.7. The first-order chi connectivity index (χ1) is 13.0. The number of nitrogens with zero attached hydrogens (tertiary/aromatic N) is 2. The first-order valence-electron chi connectivity index (χ1n) is 8.48. The van der Waals surface area contributed by atoms with Crippen LogP contribution < -0.4 is 10.9 Å². The Morgan fingerprint density at radius 2 is 2.04 bits per heavy atom. The lowest BCUT2D eigenvalue weighted by molar-refractivity contribution is -0.137. The number of rotatable bonds is 7. The number of benzene rings is 1. The summed E-state index contributed by atoms with van der Waals surface area (Å²) in [6.45, 7) is 1.78. The molecule has 0 fully saturated rings. The normalized spacial score (nSPS) is 12.0. The van der Waals surface area contributed by atoms with Crippen LogP contribution in [0.4, 0.5) is 0 Å². The van der Waals surface area contributed by atoms with Crippen molar-refractivity contribution in [2.45, 2.75) is 32.2 Å². The Morgan fingerprint density at radius 1 is 1.30 bits per heavy atom. The van der Waals surface area contributed by atoms with Gasteiger partial charge in [-0.15, -0.1) is 11.3 Å². The van der Waals surface area contributed by atoms with Crippen molar-refractivity contribution in [3.8, 4) is 0 Å². The highest BCUT2D eigenvalue weighted by Gasteiger charge is 2.20. The number of fused-ring (bicyclic) bond motifs is 1. The van der Waals surface area contributed by atoms with E-state index in [2.05, 4.69) is 10.3 Å². The molecule has 3 aromatic rings. The summed E-state index contributed by atoms with van der Waals surface area (Å²) < 4.78 is 1.41. The Morgan fingerprint density at radius 3 is 2.74 bits per heavy atom. The van der Waals surface area contributed by atoms with E-state index in [0.717, 1.165) is 5.56 Å². The standard InChI is InChI=1S/C19H19N3O4S/c1-12-11-27-19-20-10-15(18(26)22(12)19)17(25)21-14(7-8-16(23)24)9-13-5-3-2-4-6-13/h2-6,10-11,14H,7-9H2,1H3,(H,21,25)(H,23,24). The van der Waals surface area contributed by atoms with Crippen molar-refractivity contribution in [2.75, 3.05) is 0 Å². The summed E-state index contributed by atoms with van der Waals surface area (Å²) in [4.78, 5) is 41.0. The molecule has 1 atom stereocenters. The zero-order valence-corrected chi connectivity index (χ0v) is 15.5. The average Bonchev–Trinajstić information content (AvgIpc) is 3.02. The molecule has 1 aromatic carbocycles. The number of aliphatic carboxylic acids is 1. The Kier molecular flexibility index (Phi) is 5.66. The predicted octanol–water partition coefficient (Wildman–Crippen LogP) is 2.27. The first-order valence-corrected chi connectivity index (χ1v) is 9.36. The van der Waals surface area contributed by atoms with Gasteiger partial charge in [0, 0.05) is 29.7 Å². The molecule has 0 radical (unpaired) electrons. The van der Waals surface area contributed by atoms with Crippen LogP contribution in [0.3, 0.4) is 0 Å². The van der Waals surface area contributed by atoms with Crippen molar-refractivity contribution < 1.29 is 14.7 Å². The van der Waals surface area contributed by atoms with Gasteiger partial charge in [0.1, 0.15) is 5.56 Å². The molecule has 7 nitrogen and oxygen atoms in total. The summed E-state index contributed by atoms with van der Waals surface area (Å²) in [5.41, 5.74) is 1.22. The maximum absolute atomic E-state index is 12.7. The highest BCUT2D eigenvalue weighted by Crippen LogP contribution is 2.12. The number of carboxylic acid groups (broad SMARTS) is 1. The molecule has 0 saturated heterocycles. The first kappa shape index (κ1) is 18.8. The van der Waals surface area contributed by atoms with Crippen LogP contribution in [0.2, 0.25) is 0 Å². The van der Waals surface area contributed by atoms with E-state index in [0.29, 0.717) is 17.1 Å². The molecule has 8 heteroatoms. The Hall–Kier alpha value is -3.00. The molecule has 2 N–H and O–H groups in total. The van der Waals surface area contributed by atoms with Gasteiger partial charge in [-0.3, -0.25) is 18.8 Å². The highest BCUT2D eigenvalue weighted by atomic mass is 32.1. The highest BCUT2D eigenvalue weighted by molar-refractivity contribution is 7.15. The second-order valence-corrected chi connectivity index (χ2v) is 7.10. The largest absolute Gasteiger partial charge is 0.481 e. The third-order valence-corrected chi connectivity index (χ3v) is 5.19. The van der Waals surface area contributed by atoms with Crippen LogP contribution >= 0.6 is 11.3 Å². The van der Waals surface area contributed by atoms with Gasteiger partial charge in [-0.1, -0.05) is 30.3 Å². The van der Waals surface area contributed by atoms with E-state index in [1.165, 1.54) is 21.9 Å². The number of thiazole rings is 1. The third kappa shape index (κ3) is 4.40. The van der Waals surface area contributed by atoms with E-state index in [1.54, 1.807) is 12.3 Å². The van der Waals surface area contributed by atoms with Gasteiger partial charge in [0.25, 0.3) is 11.5 Å². The molecule has 0 saturated carbocycles. The summed E-state index contributed by atoms with van der Waals surface area (Å²) in [6, 6.07) is 9.08. The number of nitrogens with one attached hydrogen (secondary N) is 1. The minimum absolute atomic E-state index is 0.0533. The fourth-order valence-electron chi connectivity index (χ4n) is 2.87. The summed E-state index contributed by atoms with van der Waals surface area (Å²) >= 11 is 1.33. The number of hydrogen-bond acceptors (Lipinski definition) is 5. The molecule has 27 heavy (non-hydrogen) atoms. The van der Waals surface area contributed by atoms with Crippen molar-refractivity contribution in [3.63, 3.8) is 0 Å². The van der Waals surface area contributed by atoms with Gasteiger partial charge in [0.05, 0.1) is 0 Å². The van der Waals surface area contributed by atoms with Crippen molar-refractivity contribution in [1.82, 2.24) is 14.7 Å². The van der Waals surface area contributed by atoms with Gasteiger partial charge in [0.2, 0.25) is 0 Å². The maximum Gasteiger partial charge on any atom is 0.303 e. The summed E-state index contributed by atoms with van der Waals surface area (Å²) in [5, 5.41) is 13.6. The molecule has 0 aliphatic carbocycles. The van der Waals surface area contributed by atoms with Gasteiger partial charge in [-0.05, 0) is 25.3 Å². The van der Waals surface area contributed by atoms with E-state index >= 15 is 0 Å². The number of amides is 1. The third-order valence-electron chi connectivity index (χ3n) is 4.23. The molecule has 140 valence electrons. The molecular weight excluding hydrogens is 366 g/mol. The molecule has 2 aromatic heterocycles. The fraction of sp³-hybridized carbons (Fsp3) is 0.263. The molecule has 1 amide bonds. The Balaban J connectivity index is 1.83. The van der Waals surface area contributed by atoms with Gasteiger partial charge >= 0.3 is 5.97 Å². The average molecular weight is 385 g/mol. The number of carboxylic acids is 1. The number of aryl methyl sites for hydroxylation is 1. The van der Waals surface area contributed by atoms with Gasteiger partial charge in [-0.2, -0.15) is 0 Å². The number of hydrogen-bond donors (Lipinski definition) is 2. The van der Waals surface area contributed by atoms with Gasteiger partial charge in [0.15, 0.2) is 4.96 Å². The molecule has 1 unspecified atom stereocenters. The predicted molar refractivity (Wildman–Crippen MR) is 102 cm³/mol. The molecule has 3 rings (SSSR count). The van der Waals surface area contributed by atoms with Crippen LogP contribution in [0.5, 0.6) is 0 Å². The van der Waals surface area contributed by atoms with Crippen molar-refractivity contribution in [1.29, 1.82) is 0 Å². The van der Waals surface area contributed by atoms with Crippen molar-refractivity contribution in [2.24, 2.45) is 0 Å². The van der Waals surface area contributed by atoms with Gasteiger partial charge in [-0.25, -0.2) is 4.98 Å². The van der Waals surface area contributed by atoms with Crippen molar-refractivity contribution in [3.05, 3.63) is 69.1 Å². The van der Waals surface area contributed by atoms with Crippen LogP contribution in [0.25, 0.3) is 4.96 Å². The minimum atomic E-state index is -0.931. The van der Waals surface area contributed by atoms with E-state index in [1.807, 2.05) is 30.3 Å². The molecule has 0 bridgehead atoms. The molecular formula is C19H19N3O4S. The van der Waals surface area contributed by atoms with Crippen LogP contribution in [-0.2, 0) is 11.2 Å². The van der Waals surface area contributed by atoms with Crippen LogP contribution in [0, 0.1) is 6.92 Å². The number of carbonyl (C=O) groups excluding carboxylic acids is 1. The van der Waals surface area contributed by atoms with E-state index in [4.69, 9.17) is 5.11 Å². The summed E-state index contributed by atoms with van der Waals surface area (Å²) in [7, 11) is 0. The van der Waals surface area contributed by atoms with E-state index in [-0.39, 0.29) is 18.4 Å². The lowest BCUT2D eigenvalue weighted by atomic mass is 10.0. The zero-order valence-electron chi connectivity index (χ0n) is 14.7. The Labute approximate surface area is 159 Å². The topological polar surface area (TPSA) is 101 Å². The Bertz CT molecular complexity index is 1030. The number of carbonyl (C=O) groups is 2. The second kappa shape index (κ2) is 8.13. The van der Waals surface area contributed by atoms with Crippen LogP contribution in [0.1, 0.15) is 34.5 Å². The van der Waals surface area contributed by atoms with Crippen LogP contribution in [-0.4, -0.2) is 32.4 Å². The van der Waals surface area contributed by atoms with E-state index in [9.17, 15) is 14.4 Å². The van der Waals surface area contributed by atoms with E-state index < -0.39 is 23.5 Å². The zero-order chi connectivity index (χ0) is 19.4. The second-order valence-electron chi connectivity index (χ2n) is 6.26. The van der Waals surface area contributed by atoms with Gasteiger partial charge < -0.3 is 10.4 Å². The molecule has 0 spiro atoms. The molecule has 2 heterocycles. The van der Waals surface area contributed by atoms with Crippen LogP contribution in [0.15, 0.2) is 46.7 Å². The minimum Gasteiger partial charge on any atom is -0.481 e. The van der Waals surface area contributed by atoms with Crippen molar-refractivity contribution >= 4 is 28.2 Å². The SMILES string of the molecule is Cc1csc2ncc(C(=O)NC(CCC(=O)O)Cc3ccccc3)c(=O)n12. The molecule has 0 aliphatic heterocycles. The summed E-state index contributed by atoms with van der Waals surface area (Å²) in [6.07, 6.45) is 1.95. The quantitative estimate of drug-likeness (QED) is 0.650. The smallest absolute Gasteiger partial charge is 0.303 e. The fourth-order valence-corrected chi connectivity index (χ4v) is 3.69. The lowest BCUT2D eigenvalue weighted by Gasteiger charge is -2.18. The summed E-state index contributed by atoms with van der Waals surface area (Å²) in [5.74, 6) is -1.47. The number of aromatic nitrogens is 2.